The van der Waals surface area contributed by atoms with Gasteiger partial charge in [-0.2, -0.15) is 0 Å². The molecule has 0 aliphatic heterocycles. The van der Waals surface area contributed by atoms with Gasteiger partial charge in [-0.3, -0.25) is 4.72 Å². The highest BCUT2D eigenvalue weighted by atomic mass is 32.2. The molecule has 4 aromatic rings. The summed E-state index contributed by atoms with van der Waals surface area (Å²) in [5.41, 5.74) is 1.52. The summed E-state index contributed by atoms with van der Waals surface area (Å²) in [5, 5.41) is 3.41. The topological polar surface area (TPSA) is 100 Å². The molecule has 0 bridgehead atoms. The third-order valence-corrected chi connectivity index (χ3v) is 8.61. The average Bonchev–Trinajstić information content (AvgIpc) is 2.92. The first-order valence-electron chi connectivity index (χ1n) is 13.3. The lowest BCUT2D eigenvalue weighted by Crippen LogP contribution is -2.36. The van der Waals surface area contributed by atoms with E-state index in [-0.39, 0.29) is 17.3 Å². The number of anilines is 2. The number of fused-ring (bicyclic) bond motifs is 1. The Kier molecular flexibility index (Phi) is 8.14. The van der Waals surface area contributed by atoms with E-state index < -0.39 is 38.9 Å². The second-order valence-corrected chi connectivity index (χ2v) is 12.4. The molecular weight excluding hydrogens is 553 g/mol. The van der Waals surface area contributed by atoms with Crippen molar-refractivity contribution in [1.82, 2.24) is 19.9 Å². The molecule has 0 saturated heterocycles. The van der Waals surface area contributed by atoms with Crippen molar-refractivity contribution in [3.8, 4) is 11.3 Å². The fourth-order valence-corrected chi connectivity index (χ4v) is 6.33. The van der Waals surface area contributed by atoms with Crippen molar-refractivity contribution in [2.24, 2.45) is 0 Å². The SMILES string of the molecule is Cc1cc(-c2cc(F)c(NS(=O)(=O)Cc3ccc(F)cc3)cc2F)nc2cnc(NC3CCC(N(C)C)CC3)nc12. The van der Waals surface area contributed by atoms with Crippen LogP contribution in [0.25, 0.3) is 22.3 Å². The summed E-state index contributed by atoms with van der Waals surface area (Å²) in [6, 6.07) is 9.01. The van der Waals surface area contributed by atoms with E-state index in [0.717, 1.165) is 49.9 Å². The van der Waals surface area contributed by atoms with Gasteiger partial charge in [0, 0.05) is 23.7 Å². The van der Waals surface area contributed by atoms with E-state index in [1.54, 1.807) is 19.2 Å². The van der Waals surface area contributed by atoms with Crippen LogP contribution in [0.15, 0.2) is 48.7 Å². The predicted molar refractivity (Wildman–Crippen MR) is 153 cm³/mol. The summed E-state index contributed by atoms with van der Waals surface area (Å²) in [4.78, 5) is 15.7. The van der Waals surface area contributed by atoms with Gasteiger partial charge in [0.15, 0.2) is 0 Å². The molecule has 2 N–H and O–H groups in total. The molecule has 2 aromatic carbocycles. The maximum absolute atomic E-state index is 15.2. The van der Waals surface area contributed by atoms with Crippen molar-refractivity contribution in [1.29, 1.82) is 0 Å². The van der Waals surface area contributed by atoms with Crippen LogP contribution in [0, 0.1) is 24.4 Å². The van der Waals surface area contributed by atoms with E-state index in [4.69, 9.17) is 0 Å². The van der Waals surface area contributed by atoms with Crippen LogP contribution in [0.4, 0.5) is 24.8 Å². The van der Waals surface area contributed by atoms with Gasteiger partial charge in [-0.25, -0.2) is 36.5 Å². The Morgan fingerprint density at radius 1 is 0.951 bits per heavy atom. The molecule has 0 amide bonds. The van der Waals surface area contributed by atoms with Gasteiger partial charge in [0.25, 0.3) is 0 Å². The van der Waals surface area contributed by atoms with Gasteiger partial charge in [-0.1, -0.05) is 12.1 Å². The van der Waals surface area contributed by atoms with Gasteiger partial charge in [-0.15, -0.1) is 0 Å². The van der Waals surface area contributed by atoms with Gasteiger partial charge in [-0.05, 0) is 82.1 Å². The maximum atomic E-state index is 15.2. The minimum atomic E-state index is -4.09. The normalized spacial score (nSPS) is 17.6. The third kappa shape index (κ3) is 6.76. The van der Waals surface area contributed by atoms with Gasteiger partial charge >= 0.3 is 0 Å². The lowest BCUT2D eigenvalue weighted by atomic mass is 9.91. The number of pyridine rings is 1. The zero-order valence-electron chi connectivity index (χ0n) is 23.0. The molecule has 216 valence electrons. The number of nitrogens with zero attached hydrogens (tertiary/aromatic N) is 4. The minimum absolute atomic E-state index is 0.131. The van der Waals surface area contributed by atoms with Crippen LogP contribution in [-0.4, -0.2) is 54.4 Å². The van der Waals surface area contributed by atoms with Crippen LogP contribution in [-0.2, 0) is 15.8 Å². The van der Waals surface area contributed by atoms with E-state index in [1.807, 2.05) is 0 Å². The zero-order chi connectivity index (χ0) is 29.3. The number of benzene rings is 2. The van der Waals surface area contributed by atoms with Crippen molar-refractivity contribution < 1.29 is 21.6 Å². The fourth-order valence-electron chi connectivity index (χ4n) is 5.13. The highest BCUT2D eigenvalue weighted by Crippen LogP contribution is 2.31. The molecule has 41 heavy (non-hydrogen) atoms. The Morgan fingerprint density at radius 3 is 2.34 bits per heavy atom. The van der Waals surface area contributed by atoms with Crippen LogP contribution in [0.3, 0.4) is 0 Å². The Balaban J connectivity index is 1.34. The first-order chi connectivity index (χ1) is 19.5. The van der Waals surface area contributed by atoms with Gasteiger partial charge in [0.05, 0.1) is 28.8 Å². The zero-order valence-corrected chi connectivity index (χ0v) is 23.8. The molecule has 5 rings (SSSR count). The Morgan fingerprint density at radius 2 is 1.66 bits per heavy atom. The number of aryl methyl sites for hydroxylation is 1. The number of aromatic nitrogens is 3. The van der Waals surface area contributed by atoms with Crippen LogP contribution < -0.4 is 10.0 Å². The monoisotopic (exact) mass is 584 g/mol. The largest absolute Gasteiger partial charge is 0.351 e. The van der Waals surface area contributed by atoms with Gasteiger partial charge < -0.3 is 10.2 Å². The van der Waals surface area contributed by atoms with Crippen LogP contribution in [0.2, 0.25) is 0 Å². The molecular formula is C29H31F3N6O2S. The molecule has 1 saturated carbocycles. The molecule has 0 atom stereocenters. The first kappa shape index (κ1) is 28.7. The number of halogens is 3. The number of rotatable bonds is 8. The molecule has 0 spiro atoms. The molecule has 8 nitrogen and oxygen atoms in total. The number of nitrogens with one attached hydrogen (secondary N) is 2. The summed E-state index contributed by atoms with van der Waals surface area (Å²) in [5.74, 6) is -2.37. The van der Waals surface area contributed by atoms with Crippen LogP contribution in [0.5, 0.6) is 0 Å². The second kappa shape index (κ2) is 11.6. The average molecular weight is 585 g/mol. The predicted octanol–water partition coefficient (Wildman–Crippen LogP) is 5.64. The number of hydrogen-bond acceptors (Lipinski definition) is 7. The van der Waals surface area contributed by atoms with E-state index in [0.29, 0.717) is 34.2 Å². The van der Waals surface area contributed by atoms with E-state index in [9.17, 15) is 17.2 Å². The van der Waals surface area contributed by atoms with Crippen molar-refractivity contribution >= 4 is 32.7 Å². The third-order valence-electron chi connectivity index (χ3n) is 7.37. The smallest absolute Gasteiger partial charge is 0.237 e. The van der Waals surface area contributed by atoms with E-state index in [2.05, 4.69) is 44.0 Å². The van der Waals surface area contributed by atoms with E-state index >= 15 is 4.39 Å². The van der Waals surface area contributed by atoms with E-state index in [1.165, 1.54) is 12.1 Å². The summed E-state index contributed by atoms with van der Waals surface area (Å²) in [7, 11) is 0.107. The summed E-state index contributed by atoms with van der Waals surface area (Å²) in [6.07, 6.45) is 5.78. The standard InChI is InChI=1S/C29H31F3N6O2S/c1-17-12-25(35-27-15-33-29(36-28(17)27)34-20-8-10-21(11-9-20)38(2)3)22-13-24(32)26(14-23(22)31)37-41(39,40)16-18-4-6-19(30)7-5-18/h4-7,12-15,20-21,37H,8-11,16H2,1-3H3,(H,33,34,36). The maximum Gasteiger partial charge on any atom is 0.237 e. The van der Waals surface area contributed by atoms with Gasteiger partial charge in [0.2, 0.25) is 16.0 Å². The minimum Gasteiger partial charge on any atom is -0.351 e. The summed E-state index contributed by atoms with van der Waals surface area (Å²) < 4.78 is 70.4. The number of sulfonamides is 1. The summed E-state index contributed by atoms with van der Waals surface area (Å²) in [6.45, 7) is 1.80. The lowest BCUT2D eigenvalue weighted by molar-refractivity contribution is 0.221. The van der Waals surface area contributed by atoms with Crippen molar-refractivity contribution in [2.45, 2.75) is 50.4 Å². The second-order valence-electron chi connectivity index (χ2n) is 10.7. The van der Waals surface area contributed by atoms with Crippen molar-refractivity contribution in [2.75, 3.05) is 24.1 Å². The Labute approximate surface area is 237 Å². The van der Waals surface area contributed by atoms with Gasteiger partial charge in [0.1, 0.15) is 23.0 Å². The number of hydrogen-bond donors (Lipinski definition) is 2. The molecule has 0 unspecified atom stereocenters. The molecule has 2 aromatic heterocycles. The first-order valence-corrected chi connectivity index (χ1v) is 14.9. The van der Waals surface area contributed by atoms with Crippen molar-refractivity contribution in [3.63, 3.8) is 0 Å². The fraction of sp³-hybridized carbons (Fsp3) is 0.345. The van der Waals surface area contributed by atoms with Crippen LogP contribution >= 0.6 is 0 Å². The summed E-state index contributed by atoms with van der Waals surface area (Å²) >= 11 is 0. The van der Waals surface area contributed by atoms with Crippen molar-refractivity contribution in [3.05, 3.63) is 77.2 Å². The molecule has 1 fully saturated rings. The molecule has 1 aliphatic rings. The molecule has 1 aliphatic carbocycles. The highest BCUT2D eigenvalue weighted by molar-refractivity contribution is 7.91. The Bertz CT molecular complexity index is 1670. The molecule has 12 heteroatoms. The quantitative estimate of drug-likeness (QED) is 0.276. The lowest BCUT2D eigenvalue weighted by Gasteiger charge is -2.32. The Hall–Kier alpha value is -3.77. The highest BCUT2D eigenvalue weighted by Gasteiger charge is 2.23. The molecule has 2 heterocycles. The molecule has 0 radical (unpaired) electrons. The van der Waals surface area contributed by atoms with Crippen LogP contribution in [0.1, 0.15) is 36.8 Å².